The molecule has 1 unspecified atom stereocenters. The molecule has 1 amide bonds. The number of nitrogens with one attached hydrogen (secondary N) is 1. The van der Waals surface area contributed by atoms with E-state index in [4.69, 9.17) is 4.74 Å². The molecule has 23 heavy (non-hydrogen) atoms. The summed E-state index contributed by atoms with van der Waals surface area (Å²) in [5, 5.41) is 12.4. The van der Waals surface area contributed by atoms with Crippen LogP contribution in [0.1, 0.15) is 47.1 Å². The minimum atomic E-state index is -0.520. The van der Waals surface area contributed by atoms with Gasteiger partial charge in [-0.1, -0.05) is 12.1 Å². The number of ether oxygens (including phenoxy) is 1. The molecule has 1 atom stereocenters. The van der Waals surface area contributed by atoms with Crippen LogP contribution < -0.4 is 5.32 Å². The van der Waals surface area contributed by atoms with Gasteiger partial charge in [0.25, 0.3) is 0 Å². The van der Waals surface area contributed by atoms with Crippen LogP contribution in [0.2, 0.25) is 0 Å². The maximum atomic E-state index is 11.8. The summed E-state index contributed by atoms with van der Waals surface area (Å²) >= 11 is 0. The lowest BCUT2D eigenvalue weighted by molar-refractivity contribution is 0.0636. The van der Waals surface area contributed by atoms with Crippen molar-refractivity contribution in [3.05, 3.63) is 29.8 Å². The minimum absolute atomic E-state index is 0.326. The number of benzene rings is 1. The summed E-state index contributed by atoms with van der Waals surface area (Å²) in [5.41, 5.74) is 1.26. The Morgan fingerprint density at radius 3 is 2.48 bits per heavy atom. The number of nitrogens with zero attached hydrogens (tertiary/aromatic N) is 1. The zero-order chi connectivity index (χ0) is 17.6. The van der Waals surface area contributed by atoms with Crippen molar-refractivity contribution in [3.8, 4) is 0 Å². The molecule has 0 aliphatic carbocycles. The fourth-order valence-corrected chi connectivity index (χ4v) is 2.20. The number of rotatable bonds is 6. The van der Waals surface area contributed by atoms with Crippen LogP contribution in [0.3, 0.4) is 0 Å². The van der Waals surface area contributed by atoms with E-state index in [1.165, 1.54) is 0 Å². The van der Waals surface area contributed by atoms with Gasteiger partial charge in [-0.05, 0) is 59.2 Å². The quantitative estimate of drug-likeness (QED) is 0.839. The predicted octanol–water partition coefficient (Wildman–Crippen LogP) is 3.62. The molecule has 0 fully saturated rings. The van der Waals surface area contributed by atoms with Crippen LogP contribution in [0, 0.1) is 0 Å². The first-order chi connectivity index (χ1) is 10.6. The molecule has 5 nitrogen and oxygen atoms in total. The van der Waals surface area contributed by atoms with E-state index in [2.05, 4.69) is 24.1 Å². The molecule has 0 aliphatic heterocycles. The van der Waals surface area contributed by atoms with E-state index in [-0.39, 0.29) is 6.10 Å². The van der Waals surface area contributed by atoms with E-state index < -0.39 is 11.7 Å². The minimum Gasteiger partial charge on any atom is -0.444 e. The number of carbonyl (C=O) groups is 1. The highest BCUT2D eigenvalue weighted by Crippen LogP contribution is 2.16. The number of aliphatic hydroxyl groups excluding tert-OH is 1. The van der Waals surface area contributed by atoms with Gasteiger partial charge in [-0.15, -0.1) is 0 Å². The van der Waals surface area contributed by atoms with Gasteiger partial charge >= 0.3 is 6.09 Å². The van der Waals surface area contributed by atoms with Gasteiger partial charge in [0.15, 0.2) is 0 Å². The molecule has 5 heteroatoms. The molecule has 1 aromatic rings. The van der Waals surface area contributed by atoms with E-state index in [1.54, 1.807) is 6.92 Å². The van der Waals surface area contributed by atoms with Crippen LogP contribution in [0.5, 0.6) is 0 Å². The van der Waals surface area contributed by atoms with Crippen molar-refractivity contribution in [1.29, 1.82) is 0 Å². The van der Waals surface area contributed by atoms with Crippen molar-refractivity contribution in [2.24, 2.45) is 0 Å². The molecule has 0 saturated carbocycles. The Kier molecular flexibility index (Phi) is 7.03. The summed E-state index contributed by atoms with van der Waals surface area (Å²) in [6.07, 6.45) is -0.834. The van der Waals surface area contributed by atoms with Crippen LogP contribution in [-0.2, 0) is 11.3 Å². The van der Waals surface area contributed by atoms with Crippen molar-refractivity contribution in [3.63, 3.8) is 0 Å². The Balaban J connectivity index is 2.74. The Labute approximate surface area is 139 Å². The van der Waals surface area contributed by atoms with E-state index >= 15 is 0 Å². The zero-order valence-corrected chi connectivity index (χ0v) is 15.1. The van der Waals surface area contributed by atoms with Gasteiger partial charge in [-0.25, -0.2) is 4.79 Å². The highest BCUT2D eigenvalue weighted by molar-refractivity contribution is 5.84. The summed E-state index contributed by atoms with van der Waals surface area (Å²) < 4.78 is 5.26. The predicted molar refractivity (Wildman–Crippen MR) is 93.5 cm³/mol. The molecule has 1 rings (SSSR count). The summed E-state index contributed by atoms with van der Waals surface area (Å²) in [7, 11) is 0. The molecule has 0 aliphatic rings. The Morgan fingerprint density at radius 2 is 1.96 bits per heavy atom. The number of hydrogen-bond acceptors (Lipinski definition) is 4. The average molecular weight is 322 g/mol. The van der Waals surface area contributed by atoms with E-state index in [0.717, 1.165) is 5.56 Å². The first-order valence-corrected chi connectivity index (χ1v) is 8.08. The third-order valence-corrected chi connectivity index (χ3v) is 3.19. The van der Waals surface area contributed by atoms with Gasteiger partial charge in [-0.3, -0.25) is 10.2 Å². The SMILES string of the molecule is CC(O)CN(Cc1cccc(NC(=O)OC(C)(C)C)c1)C(C)C. The molecular weight excluding hydrogens is 292 g/mol. The second-order valence-electron chi connectivity index (χ2n) is 7.20. The largest absolute Gasteiger partial charge is 0.444 e. The second-order valence-corrected chi connectivity index (χ2v) is 7.20. The summed E-state index contributed by atoms with van der Waals surface area (Å²) in [6, 6.07) is 8.01. The van der Waals surface area contributed by atoms with Crippen molar-refractivity contribution < 1.29 is 14.6 Å². The second kappa shape index (κ2) is 8.31. The number of carbonyl (C=O) groups excluding carboxylic acids is 1. The molecule has 0 heterocycles. The molecule has 0 spiro atoms. The maximum absolute atomic E-state index is 11.8. The topological polar surface area (TPSA) is 61.8 Å². The first-order valence-electron chi connectivity index (χ1n) is 8.08. The fourth-order valence-electron chi connectivity index (χ4n) is 2.20. The van der Waals surface area contributed by atoms with Crippen LogP contribution in [-0.4, -0.2) is 40.4 Å². The normalized spacial score (nSPS) is 13.3. The summed E-state index contributed by atoms with van der Waals surface area (Å²) in [5.74, 6) is 0. The van der Waals surface area contributed by atoms with E-state index in [0.29, 0.717) is 24.8 Å². The standard InChI is InChI=1S/C18H30N2O3/c1-13(2)20(11-14(3)21)12-15-8-7-9-16(10-15)19-17(22)23-18(4,5)6/h7-10,13-14,21H,11-12H2,1-6H3,(H,19,22). The van der Waals surface area contributed by atoms with Gasteiger partial charge < -0.3 is 9.84 Å². The lowest BCUT2D eigenvalue weighted by atomic mass is 10.1. The van der Waals surface area contributed by atoms with Crippen LogP contribution >= 0.6 is 0 Å². The molecule has 0 bridgehead atoms. The van der Waals surface area contributed by atoms with Crippen molar-refractivity contribution in [2.75, 3.05) is 11.9 Å². The number of amides is 1. The van der Waals surface area contributed by atoms with E-state index in [1.807, 2.05) is 45.0 Å². The fraction of sp³-hybridized carbons (Fsp3) is 0.611. The molecule has 2 N–H and O–H groups in total. The van der Waals surface area contributed by atoms with Gasteiger partial charge in [0, 0.05) is 24.8 Å². The molecule has 1 aromatic carbocycles. The summed E-state index contributed by atoms with van der Waals surface area (Å²) in [6.45, 7) is 12.8. The molecular formula is C18H30N2O3. The Hall–Kier alpha value is -1.59. The smallest absolute Gasteiger partial charge is 0.412 e. The number of aliphatic hydroxyl groups is 1. The van der Waals surface area contributed by atoms with E-state index in [9.17, 15) is 9.90 Å². The van der Waals surface area contributed by atoms with Gasteiger partial charge in [-0.2, -0.15) is 0 Å². The molecule has 0 aromatic heterocycles. The highest BCUT2D eigenvalue weighted by atomic mass is 16.6. The van der Waals surface area contributed by atoms with Crippen LogP contribution in [0.4, 0.5) is 10.5 Å². The van der Waals surface area contributed by atoms with Crippen molar-refractivity contribution in [2.45, 2.75) is 65.8 Å². The molecule has 0 saturated heterocycles. The molecule has 0 radical (unpaired) electrons. The highest BCUT2D eigenvalue weighted by Gasteiger charge is 2.17. The zero-order valence-electron chi connectivity index (χ0n) is 15.1. The average Bonchev–Trinajstić information content (AvgIpc) is 2.35. The Bertz CT molecular complexity index is 507. The van der Waals surface area contributed by atoms with Gasteiger partial charge in [0.1, 0.15) is 5.60 Å². The lowest BCUT2D eigenvalue weighted by Crippen LogP contribution is -2.36. The third-order valence-electron chi connectivity index (χ3n) is 3.19. The molecule has 130 valence electrons. The third kappa shape index (κ3) is 8.00. The Morgan fingerprint density at radius 1 is 1.30 bits per heavy atom. The van der Waals surface area contributed by atoms with Crippen LogP contribution in [0.15, 0.2) is 24.3 Å². The monoisotopic (exact) mass is 322 g/mol. The number of anilines is 1. The number of hydrogen-bond donors (Lipinski definition) is 2. The maximum Gasteiger partial charge on any atom is 0.412 e. The van der Waals surface area contributed by atoms with Crippen molar-refractivity contribution >= 4 is 11.8 Å². The van der Waals surface area contributed by atoms with Gasteiger partial charge in [0.2, 0.25) is 0 Å². The first kappa shape index (κ1) is 19.5. The summed E-state index contributed by atoms with van der Waals surface area (Å²) in [4.78, 5) is 14.0. The van der Waals surface area contributed by atoms with Gasteiger partial charge in [0.05, 0.1) is 6.10 Å². The van der Waals surface area contributed by atoms with Crippen LogP contribution in [0.25, 0.3) is 0 Å². The van der Waals surface area contributed by atoms with Crippen molar-refractivity contribution in [1.82, 2.24) is 4.90 Å². The lowest BCUT2D eigenvalue weighted by Gasteiger charge is -2.28.